The van der Waals surface area contributed by atoms with Crippen LogP contribution < -0.4 is 0 Å². The third-order valence-corrected chi connectivity index (χ3v) is 8.90. The van der Waals surface area contributed by atoms with E-state index in [0.29, 0.717) is 31.6 Å². The zero-order valence-electron chi connectivity index (χ0n) is 21.1. The number of allylic oxidation sites excluding steroid dienone is 1. The summed E-state index contributed by atoms with van der Waals surface area (Å²) in [6.45, 7) is 1.15. The molecule has 2 N–H and O–H groups in total. The number of rotatable bonds is 3. The molecule has 0 aromatic heterocycles. The molecule has 6 heteroatoms. The summed E-state index contributed by atoms with van der Waals surface area (Å²) >= 11 is 0. The van der Waals surface area contributed by atoms with E-state index in [4.69, 9.17) is 15.6 Å². The van der Waals surface area contributed by atoms with E-state index in [1.165, 1.54) is 0 Å². The summed E-state index contributed by atoms with van der Waals surface area (Å²) in [4.78, 5) is 0. The van der Waals surface area contributed by atoms with Crippen LogP contribution >= 0.6 is 0 Å². The van der Waals surface area contributed by atoms with Gasteiger partial charge in [-0.1, -0.05) is 25.5 Å². The minimum absolute atomic E-state index is 0.0411. The molecule has 8 atom stereocenters. The van der Waals surface area contributed by atoms with Crippen LogP contribution in [0.3, 0.4) is 0 Å². The topological polar surface area (TPSA) is 83.8 Å². The molecule has 0 saturated heterocycles. The van der Waals surface area contributed by atoms with Crippen LogP contribution in [-0.4, -0.2) is 30.3 Å². The Kier molecular flexibility index (Phi) is 3.52. The molecule has 0 radical (unpaired) electrons. The Labute approximate surface area is 170 Å². The molecule has 0 aromatic carbocycles. The highest BCUT2D eigenvalue weighted by Gasteiger charge is 2.59. The van der Waals surface area contributed by atoms with Crippen molar-refractivity contribution in [1.29, 1.82) is 0 Å². The minimum Gasteiger partial charge on any atom is -0.393 e. The maximum Gasteiger partial charge on any atom is 0.397 e. The van der Waals surface area contributed by atoms with Crippen molar-refractivity contribution in [3.63, 3.8) is 0 Å². The van der Waals surface area contributed by atoms with Crippen molar-refractivity contribution in [3.8, 4) is 0 Å². The summed E-state index contributed by atoms with van der Waals surface area (Å²) in [6.07, 6.45) is 3.35. The van der Waals surface area contributed by atoms with Crippen LogP contribution in [0.15, 0.2) is 11.6 Å². The fraction of sp³-hybridized carbons (Fsp3) is 0.905. The monoisotopic (exact) mass is 403 g/mol. The van der Waals surface area contributed by atoms with Gasteiger partial charge in [-0.05, 0) is 92.7 Å². The first-order valence-corrected chi connectivity index (χ1v) is 11.4. The predicted octanol–water partition coefficient (Wildman–Crippen LogP) is 4.13. The SMILES string of the molecule is [2H]C([2H])([2H])C([2H])(O)[C@@]1([2H])CC[C@H]2[C@@H]3CC=C4C[C@H](OS(=O)(=O)O)CC[C@]4(C)[C@H]3CC[C@@]21C. The summed E-state index contributed by atoms with van der Waals surface area (Å²) in [5, 5.41) is 10.8. The molecule has 3 saturated carbocycles. The first-order chi connectivity index (χ1) is 14.5. The third kappa shape index (κ3) is 3.21. The second-order valence-electron chi connectivity index (χ2n) is 9.47. The smallest absolute Gasteiger partial charge is 0.393 e. The molecule has 154 valence electrons. The van der Waals surface area contributed by atoms with E-state index >= 15 is 0 Å². The van der Waals surface area contributed by atoms with Gasteiger partial charge in [-0.3, -0.25) is 4.55 Å². The normalized spacial score (nSPS) is 55.3. The van der Waals surface area contributed by atoms with Gasteiger partial charge in [0.05, 0.1) is 13.6 Å². The fourth-order valence-corrected chi connectivity index (χ4v) is 7.59. The molecule has 4 rings (SSSR count). The molecule has 1 unspecified atom stereocenters. The van der Waals surface area contributed by atoms with Gasteiger partial charge in [0.25, 0.3) is 0 Å². The lowest BCUT2D eigenvalue weighted by Crippen LogP contribution is -2.51. The maximum atomic E-state index is 11.2. The number of fused-ring (bicyclic) bond motifs is 5. The number of hydrogen-bond acceptors (Lipinski definition) is 4. The molecular formula is C21H34O5S. The lowest BCUT2D eigenvalue weighted by Gasteiger charge is -2.58. The van der Waals surface area contributed by atoms with Crippen LogP contribution in [0, 0.1) is 34.5 Å². The molecule has 0 amide bonds. The van der Waals surface area contributed by atoms with E-state index in [1.807, 2.05) is 6.92 Å². The molecule has 0 aliphatic heterocycles. The van der Waals surface area contributed by atoms with Gasteiger partial charge >= 0.3 is 10.4 Å². The lowest BCUT2D eigenvalue weighted by atomic mass is 9.47. The van der Waals surface area contributed by atoms with Gasteiger partial charge < -0.3 is 5.11 Å². The molecule has 3 fully saturated rings. The highest BCUT2D eigenvalue weighted by molar-refractivity contribution is 7.80. The number of hydrogen-bond donors (Lipinski definition) is 2. The Morgan fingerprint density at radius 1 is 1.30 bits per heavy atom. The molecule has 0 bridgehead atoms. The molecule has 27 heavy (non-hydrogen) atoms. The molecule has 5 nitrogen and oxygen atoms in total. The lowest BCUT2D eigenvalue weighted by molar-refractivity contribution is -0.0666. The first kappa shape index (κ1) is 14.5. The summed E-state index contributed by atoms with van der Waals surface area (Å²) in [5.41, 5.74) is 0.237. The van der Waals surface area contributed by atoms with Gasteiger partial charge in [0.15, 0.2) is 0 Å². The Morgan fingerprint density at radius 3 is 2.78 bits per heavy atom. The van der Waals surface area contributed by atoms with Crippen molar-refractivity contribution >= 4 is 10.4 Å². The van der Waals surface area contributed by atoms with Crippen LogP contribution in [0.5, 0.6) is 0 Å². The Hall–Kier alpha value is -0.430. The van der Waals surface area contributed by atoms with Crippen LogP contribution in [0.2, 0.25) is 0 Å². The largest absolute Gasteiger partial charge is 0.397 e. The van der Waals surface area contributed by atoms with E-state index in [2.05, 4.69) is 13.0 Å². The van der Waals surface area contributed by atoms with Crippen LogP contribution in [-0.2, 0) is 14.6 Å². The third-order valence-electron chi connectivity index (χ3n) is 8.39. The molecular weight excluding hydrogens is 364 g/mol. The minimum atomic E-state index is -4.50. The second kappa shape index (κ2) is 6.54. The van der Waals surface area contributed by atoms with E-state index < -0.39 is 40.7 Å². The second-order valence-corrected chi connectivity index (χ2v) is 10.5. The van der Waals surface area contributed by atoms with E-state index in [1.54, 1.807) is 0 Å². The molecule has 0 spiro atoms. The Balaban J connectivity index is 1.63. The van der Waals surface area contributed by atoms with Gasteiger partial charge in [0.2, 0.25) is 0 Å². The quantitative estimate of drug-likeness (QED) is 0.547. The Bertz CT molecular complexity index is 918. The summed E-state index contributed by atoms with van der Waals surface area (Å²) in [5.74, 6) is -1.20. The van der Waals surface area contributed by atoms with Gasteiger partial charge in [-0.25, -0.2) is 4.18 Å². The van der Waals surface area contributed by atoms with E-state index in [-0.39, 0.29) is 23.7 Å². The van der Waals surface area contributed by atoms with Gasteiger partial charge in [-0.2, -0.15) is 8.42 Å². The standard InChI is InChI=1S/C21H34O5S/c1-13(22)17-6-7-18-16-5-4-14-12-15(26-27(23,24)25)8-10-20(14,2)19(16)9-11-21(17,18)3/h4,13,15-19,22H,5-12H2,1-3H3,(H,23,24,25)/t13?,15-,16+,17-,18+,19+,20+,21-/m1/s1/i1D3,13D,17D. The maximum absolute atomic E-state index is 11.2. The molecule has 4 aliphatic rings. The number of aliphatic hydroxyl groups is 1. The van der Waals surface area contributed by atoms with Crippen molar-refractivity contribution in [2.24, 2.45) is 34.5 Å². The van der Waals surface area contributed by atoms with E-state index in [9.17, 15) is 13.5 Å². The molecule has 0 heterocycles. The average molecular weight is 404 g/mol. The predicted molar refractivity (Wildman–Crippen MR) is 103 cm³/mol. The Morgan fingerprint density at radius 2 is 2.07 bits per heavy atom. The van der Waals surface area contributed by atoms with Crippen molar-refractivity contribution in [1.82, 2.24) is 0 Å². The fourth-order valence-electron chi connectivity index (χ4n) is 7.08. The zero-order valence-corrected chi connectivity index (χ0v) is 16.9. The van der Waals surface area contributed by atoms with Crippen molar-refractivity contribution < 1.29 is 29.1 Å². The highest BCUT2D eigenvalue weighted by Crippen LogP contribution is 2.66. The van der Waals surface area contributed by atoms with Crippen molar-refractivity contribution in [2.75, 3.05) is 0 Å². The highest BCUT2D eigenvalue weighted by atomic mass is 32.3. The van der Waals surface area contributed by atoms with Crippen LogP contribution in [0.1, 0.15) is 78.9 Å². The van der Waals surface area contributed by atoms with Crippen LogP contribution in [0.25, 0.3) is 0 Å². The first-order valence-electron chi connectivity index (χ1n) is 12.5. The molecule has 0 aromatic rings. The van der Waals surface area contributed by atoms with Gasteiger partial charge in [0, 0.05) is 5.48 Å². The van der Waals surface area contributed by atoms with Crippen molar-refractivity contribution in [3.05, 3.63) is 11.6 Å². The van der Waals surface area contributed by atoms with Crippen LogP contribution in [0.4, 0.5) is 0 Å². The van der Waals surface area contributed by atoms with Crippen molar-refractivity contribution in [2.45, 2.75) is 84.2 Å². The molecule has 4 aliphatic carbocycles. The van der Waals surface area contributed by atoms with Gasteiger partial charge in [0.1, 0.15) is 0 Å². The summed E-state index contributed by atoms with van der Waals surface area (Å²) < 4.78 is 76.8. The van der Waals surface area contributed by atoms with Gasteiger partial charge in [-0.15, -0.1) is 0 Å². The zero-order chi connectivity index (χ0) is 24.0. The average Bonchev–Trinajstić information content (AvgIpc) is 2.93. The summed E-state index contributed by atoms with van der Waals surface area (Å²) in [6, 6.07) is 0. The summed E-state index contributed by atoms with van der Waals surface area (Å²) in [7, 11) is -4.50. The van der Waals surface area contributed by atoms with E-state index in [0.717, 1.165) is 24.8 Å².